The minimum absolute atomic E-state index is 0.0673. The molecule has 1 atom stereocenters. The van der Waals surface area contributed by atoms with E-state index in [4.69, 9.17) is 17.0 Å². The molecular formula is C6H14N5O. The fourth-order valence-corrected chi connectivity index (χ4v) is 0.706. The summed E-state index contributed by atoms with van der Waals surface area (Å²) in [6.45, 7) is 0.565. The fourth-order valence-electron chi connectivity index (χ4n) is 0.706. The largest absolute Gasteiger partial charge is 0.370 e. The van der Waals surface area contributed by atoms with Crippen LogP contribution in [0.25, 0.3) is 0 Å². The van der Waals surface area contributed by atoms with E-state index in [1.807, 2.05) is 0 Å². The van der Waals surface area contributed by atoms with Gasteiger partial charge < -0.3 is 11.1 Å². The Bertz CT molecular complexity index is 149. The molecule has 0 heterocycles. The molecular weight excluding hydrogens is 158 g/mol. The topological polar surface area (TPSA) is 117 Å². The van der Waals surface area contributed by atoms with Gasteiger partial charge in [0, 0.05) is 6.54 Å². The molecule has 0 aliphatic heterocycles. The van der Waals surface area contributed by atoms with Crippen LogP contribution < -0.4 is 22.3 Å². The van der Waals surface area contributed by atoms with Gasteiger partial charge in [0.15, 0.2) is 5.96 Å². The first kappa shape index (κ1) is 10.9. The highest BCUT2D eigenvalue weighted by atomic mass is 16.1. The number of carbonyl (C=O) groups excluding carboxylic acids is 1. The van der Waals surface area contributed by atoms with Gasteiger partial charge in [-0.25, -0.2) is 5.43 Å². The summed E-state index contributed by atoms with van der Waals surface area (Å²) in [6, 6.07) is -0.432. The highest BCUT2D eigenvalue weighted by molar-refractivity contribution is 5.74. The molecule has 0 saturated heterocycles. The predicted octanol–water partition coefficient (Wildman–Crippen LogP) is -1.81. The number of nitrogens with one attached hydrogen (secondary N) is 3. The molecule has 0 spiro atoms. The highest BCUT2D eigenvalue weighted by Crippen LogP contribution is 1.91. The lowest BCUT2D eigenvalue weighted by atomic mass is 10.2. The van der Waals surface area contributed by atoms with Gasteiger partial charge in [0.05, 0.1) is 6.04 Å². The number of hydrogen-bond acceptors (Lipinski definition) is 4. The maximum Gasteiger partial charge on any atom is 0.218 e. The van der Waals surface area contributed by atoms with E-state index >= 15 is 0 Å². The van der Waals surface area contributed by atoms with Crippen molar-refractivity contribution in [3.05, 3.63) is 0 Å². The summed E-state index contributed by atoms with van der Waals surface area (Å²) in [5.74, 6) is 4.96. The molecule has 6 heteroatoms. The minimum Gasteiger partial charge on any atom is -0.370 e. The van der Waals surface area contributed by atoms with Crippen molar-refractivity contribution < 1.29 is 4.79 Å². The van der Waals surface area contributed by atoms with Crippen LogP contribution in [0.3, 0.4) is 0 Å². The molecule has 0 rings (SSSR count). The molecule has 0 aromatic rings. The van der Waals surface area contributed by atoms with Crippen molar-refractivity contribution in [1.82, 2.24) is 10.7 Å². The van der Waals surface area contributed by atoms with Crippen molar-refractivity contribution >= 4 is 12.2 Å². The minimum atomic E-state index is -0.432. The molecule has 12 heavy (non-hydrogen) atoms. The molecule has 6 nitrogen and oxygen atoms in total. The number of hydrazine groups is 1. The number of hydrogen-bond donors (Lipinski definition) is 5. The number of guanidine groups is 1. The SMILES string of the molecule is N=C(N)NCCCC([C]=O)NN. The van der Waals surface area contributed by atoms with Gasteiger partial charge >= 0.3 is 0 Å². The van der Waals surface area contributed by atoms with Crippen molar-refractivity contribution in [3.8, 4) is 0 Å². The van der Waals surface area contributed by atoms with E-state index in [-0.39, 0.29) is 5.96 Å². The fraction of sp³-hybridized carbons (Fsp3) is 0.667. The van der Waals surface area contributed by atoms with E-state index in [2.05, 4.69) is 10.7 Å². The van der Waals surface area contributed by atoms with Crippen molar-refractivity contribution in [2.75, 3.05) is 6.54 Å². The Morgan fingerprint density at radius 1 is 1.67 bits per heavy atom. The Morgan fingerprint density at radius 3 is 2.75 bits per heavy atom. The van der Waals surface area contributed by atoms with E-state index in [9.17, 15) is 4.79 Å². The van der Waals surface area contributed by atoms with Crippen molar-refractivity contribution in [2.45, 2.75) is 18.9 Å². The van der Waals surface area contributed by atoms with Crippen LogP contribution in [0.2, 0.25) is 0 Å². The summed E-state index contributed by atoms with van der Waals surface area (Å²) < 4.78 is 0. The highest BCUT2D eigenvalue weighted by Gasteiger charge is 2.03. The third-order valence-electron chi connectivity index (χ3n) is 1.33. The smallest absolute Gasteiger partial charge is 0.218 e. The second-order valence-electron chi connectivity index (χ2n) is 2.32. The molecule has 0 amide bonds. The molecule has 0 aromatic carbocycles. The van der Waals surface area contributed by atoms with E-state index in [0.29, 0.717) is 19.4 Å². The molecule has 0 bridgehead atoms. The quantitative estimate of drug-likeness (QED) is 0.106. The van der Waals surface area contributed by atoms with E-state index in [1.54, 1.807) is 6.29 Å². The number of rotatable bonds is 6. The lowest BCUT2D eigenvalue weighted by Gasteiger charge is -2.07. The van der Waals surface area contributed by atoms with Gasteiger partial charge in [0.2, 0.25) is 6.29 Å². The first-order valence-corrected chi connectivity index (χ1v) is 3.62. The predicted molar refractivity (Wildman–Crippen MR) is 46.0 cm³/mol. The Morgan fingerprint density at radius 2 is 2.33 bits per heavy atom. The zero-order valence-electron chi connectivity index (χ0n) is 6.76. The van der Waals surface area contributed by atoms with Crippen LogP contribution in [0.4, 0.5) is 0 Å². The van der Waals surface area contributed by atoms with Crippen LogP contribution in [-0.2, 0) is 4.79 Å². The van der Waals surface area contributed by atoms with Gasteiger partial charge in [-0.05, 0) is 12.8 Å². The average Bonchev–Trinajstić information content (AvgIpc) is 2.04. The third kappa shape index (κ3) is 5.63. The van der Waals surface area contributed by atoms with Crippen LogP contribution in [-0.4, -0.2) is 24.8 Å². The van der Waals surface area contributed by atoms with E-state index in [0.717, 1.165) is 0 Å². The maximum absolute atomic E-state index is 10.1. The second kappa shape index (κ2) is 6.56. The molecule has 1 unspecified atom stereocenters. The summed E-state index contributed by atoms with van der Waals surface area (Å²) in [5, 5.41) is 9.43. The standard InChI is InChI=1S/C6H14N5O/c7-6(8)10-3-1-2-5(4-12)11-9/h5,11H,1-3,9H2,(H4,7,8,10). The van der Waals surface area contributed by atoms with Crippen molar-refractivity contribution in [3.63, 3.8) is 0 Å². The molecule has 7 N–H and O–H groups in total. The zero-order valence-corrected chi connectivity index (χ0v) is 6.76. The maximum atomic E-state index is 10.1. The zero-order chi connectivity index (χ0) is 9.40. The molecule has 1 radical (unpaired) electrons. The van der Waals surface area contributed by atoms with E-state index < -0.39 is 6.04 Å². The van der Waals surface area contributed by atoms with Gasteiger partial charge in [-0.3, -0.25) is 16.0 Å². The summed E-state index contributed by atoms with van der Waals surface area (Å²) >= 11 is 0. The summed E-state index contributed by atoms with van der Waals surface area (Å²) in [7, 11) is 0. The van der Waals surface area contributed by atoms with Gasteiger partial charge in [-0.1, -0.05) is 0 Å². The monoisotopic (exact) mass is 172 g/mol. The van der Waals surface area contributed by atoms with Crippen molar-refractivity contribution in [2.24, 2.45) is 11.6 Å². The third-order valence-corrected chi connectivity index (χ3v) is 1.33. The molecule has 0 fully saturated rings. The number of nitrogens with two attached hydrogens (primary N) is 2. The van der Waals surface area contributed by atoms with Crippen LogP contribution >= 0.6 is 0 Å². The molecule has 0 aliphatic carbocycles. The van der Waals surface area contributed by atoms with Crippen LogP contribution in [0.1, 0.15) is 12.8 Å². The Balaban J connectivity index is 3.29. The average molecular weight is 172 g/mol. The normalized spacial score (nSPS) is 12.1. The van der Waals surface area contributed by atoms with Gasteiger partial charge in [-0.2, -0.15) is 0 Å². The summed E-state index contributed by atoms with van der Waals surface area (Å²) in [6.07, 6.45) is 3.04. The summed E-state index contributed by atoms with van der Waals surface area (Å²) in [4.78, 5) is 10.1. The lowest BCUT2D eigenvalue weighted by Crippen LogP contribution is -2.37. The molecule has 69 valence electrons. The molecule has 0 saturated carbocycles. The Labute approximate surface area is 71.2 Å². The van der Waals surface area contributed by atoms with Crippen molar-refractivity contribution in [1.29, 1.82) is 5.41 Å². The van der Waals surface area contributed by atoms with Gasteiger partial charge in [0.1, 0.15) is 0 Å². The lowest BCUT2D eigenvalue weighted by molar-refractivity contribution is 0.499. The van der Waals surface area contributed by atoms with Crippen LogP contribution in [0, 0.1) is 5.41 Å². The van der Waals surface area contributed by atoms with Crippen LogP contribution in [0.5, 0.6) is 0 Å². The Hall–Kier alpha value is -1.14. The Kier molecular flexibility index (Phi) is 5.94. The first-order valence-electron chi connectivity index (χ1n) is 3.62. The van der Waals surface area contributed by atoms with Crippen LogP contribution in [0.15, 0.2) is 0 Å². The van der Waals surface area contributed by atoms with E-state index in [1.165, 1.54) is 0 Å². The molecule has 0 aromatic heterocycles. The molecule has 0 aliphatic rings. The summed E-state index contributed by atoms with van der Waals surface area (Å²) in [5.41, 5.74) is 7.33. The van der Waals surface area contributed by atoms with Gasteiger partial charge in [-0.15, -0.1) is 0 Å². The van der Waals surface area contributed by atoms with Gasteiger partial charge in [0.25, 0.3) is 0 Å². The first-order chi connectivity index (χ1) is 5.70. The second-order valence-corrected chi connectivity index (χ2v) is 2.32.